The van der Waals surface area contributed by atoms with E-state index in [9.17, 15) is 15.0 Å². The molecular formula is C20H26N2O4. The van der Waals surface area contributed by atoms with Crippen molar-refractivity contribution in [2.45, 2.75) is 31.0 Å². The molecule has 0 aliphatic rings. The third-order valence-electron chi connectivity index (χ3n) is 4.23. The van der Waals surface area contributed by atoms with E-state index in [-0.39, 0.29) is 19.2 Å². The third kappa shape index (κ3) is 6.84. The van der Waals surface area contributed by atoms with Crippen LogP contribution in [0.1, 0.15) is 11.1 Å². The van der Waals surface area contributed by atoms with Gasteiger partial charge in [-0.3, -0.25) is 0 Å². The van der Waals surface area contributed by atoms with Crippen LogP contribution in [0.4, 0.5) is 4.79 Å². The van der Waals surface area contributed by atoms with E-state index in [4.69, 9.17) is 5.11 Å². The van der Waals surface area contributed by atoms with Gasteiger partial charge in [0.05, 0.1) is 18.8 Å². The van der Waals surface area contributed by atoms with Gasteiger partial charge in [-0.25, -0.2) is 4.79 Å². The average molecular weight is 358 g/mol. The lowest BCUT2D eigenvalue weighted by molar-refractivity contribution is 0.111. The number of rotatable bonds is 10. The first kappa shape index (κ1) is 19.9. The molecule has 2 rings (SSSR count). The molecule has 1 amide bonds. The second-order valence-corrected chi connectivity index (χ2v) is 6.29. The van der Waals surface area contributed by atoms with Gasteiger partial charge in [-0.1, -0.05) is 60.7 Å². The van der Waals surface area contributed by atoms with Crippen LogP contribution in [0.25, 0.3) is 0 Å². The third-order valence-corrected chi connectivity index (χ3v) is 4.23. The van der Waals surface area contributed by atoms with E-state index in [0.717, 1.165) is 11.1 Å². The first-order valence-corrected chi connectivity index (χ1v) is 8.68. The summed E-state index contributed by atoms with van der Waals surface area (Å²) in [6.07, 6.45) is -1.08. The molecule has 0 aromatic heterocycles. The summed E-state index contributed by atoms with van der Waals surface area (Å²) in [6, 6.07) is 18.3. The van der Waals surface area contributed by atoms with E-state index in [1.165, 1.54) is 0 Å². The molecule has 3 atom stereocenters. The highest BCUT2D eigenvalue weighted by molar-refractivity contribution is 5.65. The number of benzene rings is 2. The van der Waals surface area contributed by atoms with Crippen LogP contribution < -0.4 is 10.6 Å². The Hall–Kier alpha value is -2.41. The smallest absolute Gasteiger partial charge is 0.404 e. The summed E-state index contributed by atoms with van der Waals surface area (Å²) < 4.78 is 0. The van der Waals surface area contributed by atoms with Gasteiger partial charge in [0.25, 0.3) is 0 Å². The summed E-state index contributed by atoms with van der Waals surface area (Å²) in [5, 5.41) is 34.6. The Kier molecular flexibility index (Phi) is 8.08. The standard InChI is InChI=1S/C20H26N2O4/c23-14-17(11-15-7-3-1-4-8-15)21-13-19(24)18(22-20(25)26)12-16-9-5-2-6-10-16/h1-10,17-19,21-24H,11-14H2,(H,25,26)/t17-,18+,19+/m1/s1. The van der Waals surface area contributed by atoms with Crippen molar-refractivity contribution in [1.29, 1.82) is 0 Å². The van der Waals surface area contributed by atoms with Crippen molar-refractivity contribution in [2.24, 2.45) is 0 Å². The van der Waals surface area contributed by atoms with Gasteiger partial charge < -0.3 is 26.0 Å². The molecular weight excluding hydrogens is 332 g/mol. The van der Waals surface area contributed by atoms with Gasteiger partial charge in [0.15, 0.2) is 0 Å². The van der Waals surface area contributed by atoms with Gasteiger partial charge >= 0.3 is 6.09 Å². The number of hydrogen-bond donors (Lipinski definition) is 5. The molecule has 0 heterocycles. The SMILES string of the molecule is O=C(O)N[C@@H](Cc1ccccc1)[C@@H](O)CN[C@@H](CO)Cc1ccccc1. The van der Waals surface area contributed by atoms with Crippen molar-refractivity contribution in [1.82, 2.24) is 10.6 Å². The van der Waals surface area contributed by atoms with Crippen molar-refractivity contribution in [2.75, 3.05) is 13.2 Å². The lowest BCUT2D eigenvalue weighted by Crippen LogP contribution is -2.50. The number of carbonyl (C=O) groups is 1. The Morgan fingerprint density at radius 2 is 1.46 bits per heavy atom. The fourth-order valence-electron chi connectivity index (χ4n) is 2.84. The highest BCUT2D eigenvalue weighted by Gasteiger charge is 2.22. The maximum Gasteiger partial charge on any atom is 0.404 e. The molecule has 140 valence electrons. The summed E-state index contributed by atoms with van der Waals surface area (Å²) in [5.41, 5.74) is 2.02. The Balaban J connectivity index is 1.92. The van der Waals surface area contributed by atoms with Gasteiger partial charge in [-0.15, -0.1) is 0 Å². The minimum Gasteiger partial charge on any atom is -0.465 e. The van der Waals surface area contributed by atoms with Crippen molar-refractivity contribution in [3.8, 4) is 0 Å². The average Bonchev–Trinajstić information content (AvgIpc) is 2.65. The minimum atomic E-state index is -1.17. The second kappa shape index (κ2) is 10.6. The molecule has 0 saturated heterocycles. The number of amides is 1. The quantitative estimate of drug-likeness (QED) is 0.442. The zero-order valence-corrected chi connectivity index (χ0v) is 14.6. The van der Waals surface area contributed by atoms with E-state index >= 15 is 0 Å². The topological polar surface area (TPSA) is 102 Å². The molecule has 0 saturated carbocycles. The zero-order chi connectivity index (χ0) is 18.8. The van der Waals surface area contributed by atoms with Crippen molar-refractivity contribution in [3.63, 3.8) is 0 Å². The Bertz CT molecular complexity index is 651. The monoisotopic (exact) mass is 358 g/mol. The maximum absolute atomic E-state index is 11.1. The minimum absolute atomic E-state index is 0.0721. The van der Waals surface area contributed by atoms with Crippen molar-refractivity contribution >= 4 is 6.09 Å². The molecule has 0 fully saturated rings. The lowest BCUT2D eigenvalue weighted by Gasteiger charge is -2.25. The van der Waals surface area contributed by atoms with E-state index in [0.29, 0.717) is 12.8 Å². The van der Waals surface area contributed by atoms with Gasteiger partial charge in [0.2, 0.25) is 0 Å². The Labute approximate surface area is 153 Å². The number of aliphatic hydroxyl groups is 2. The number of nitrogens with one attached hydrogen (secondary N) is 2. The number of carboxylic acid groups (broad SMARTS) is 1. The van der Waals surface area contributed by atoms with E-state index in [2.05, 4.69) is 10.6 Å². The van der Waals surface area contributed by atoms with Gasteiger partial charge in [-0.2, -0.15) is 0 Å². The Morgan fingerprint density at radius 1 is 0.923 bits per heavy atom. The van der Waals surface area contributed by atoms with Crippen molar-refractivity contribution in [3.05, 3.63) is 71.8 Å². The second-order valence-electron chi connectivity index (χ2n) is 6.29. The predicted molar refractivity (Wildman–Crippen MR) is 100 cm³/mol. The number of aliphatic hydroxyl groups excluding tert-OH is 2. The zero-order valence-electron chi connectivity index (χ0n) is 14.6. The van der Waals surface area contributed by atoms with Crippen LogP contribution in [-0.2, 0) is 12.8 Å². The van der Waals surface area contributed by atoms with Crippen molar-refractivity contribution < 1.29 is 20.1 Å². The van der Waals surface area contributed by atoms with Gasteiger partial charge in [0.1, 0.15) is 0 Å². The molecule has 26 heavy (non-hydrogen) atoms. The molecule has 5 N–H and O–H groups in total. The molecule has 0 unspecified atom stereocenters. The van der Waals surface area contributed by atoms with Crippen LogP contribution in [-0.4, -0.2) is 52.8 Å². The highest BCUT2D eigenvalue weighted by Crippen LogP contribution is 2.08. The maximum atomic E-state index is 11.1. The molecule has 0 aliphatic heterocycles. The largest absolute Gasteiger partial charge is 0.465 e. The molecule has 2 aromatic carbocycles. The van der Waals surface area contributed by atoms with Crippen LogP contribution in [0.2, 0.25) is 0 Å². The van der Waals surface area contributed by atoms with E-state index in [1.807, 2.05) is 60.7 Å². The molecule has 0 bridgehead atoms. The number of hydrogen-bond acceptors (Lipinski definition) is 4. The van der Waals surface area contributed by atoms with Crippen LogP contribution in [0.5, 0.6) is 0 Å². The fraction of sp³-hybridized carbons (Fsp3) is 0.350. The van der Waals surface area contributed by atoms with Crippen LogP contribution >= 0.6 is 0 Å². The summed E-state index contributed by atoms with van der Waals surface area (Å²) in [4.78, 5) is 11.1. The van der Waals surface area contributed by atoms with Gasteiger partial charge in [-0.05, 0) is 24.0 Å². The molecule has 2 aromatic rings. The predicted octanol–water partition coefficient (Wildman–Crippen LogP) is 1.42. The molecule has 0 aliphatic carbocycles. The first-order valence-electron chi connectivity index (χ1n) is 8.68. The van der Waals surface area contributed by atoms with Crippen LogP contribution in [0.15, 0.2) is 60.7 Å². The molecule has 0 radical (unpaired) electrons. The van der Waals surface area contributed by atoms with E-state index in [1.54, 1.807) is 0 Å². The summed E-state index contributed by atoms with van der Waals surface area (Å²) >= 11 is 0. The molecule has 6 nitrogen and oxygen atoms in total. The normalized spacial score (nSPS) is 14.4. The highest BCUT2D eigenvalue weighted by atomic mass is 16.4. The summed E-state index contributed by atoms with van der Waals surface area (Å²) in [6.45, 7) is 0.104. The van der Waals surface area contributed by atoms with E-state index < -0.39 is 18.2 Å². The Morgan fingerprint density at radius 3 is 1.96 bits per heavy atom. The summed E-state index contributed by atoms with van der Waals surface area (Å²) in [7, 11) is 0. The van der Waals surface area contributed by atoms with Gasteiger partial charge in [0, 0.05) is 12.6 Å². The van der Waals surface area contributed by atoms with Crippen LogP contribution in [0, 0.1) is 0 Å². The lowest BCUT2D eigenvalue weighted by atomic mass is 10.0. The fourth-order valence-corrected chi connectivity index (χ4v) is 2.84. The van der Waals surface area contributed by atoms with Crippen LogP contribution in [0.3, 0.4) is 0 Å². The first-order chi connectivity index (χ1) is 12.6. The summed E-state index contributed by atoms with van der Waals surface area (Å²) in [5.74, 6) is 0. The molecule has 0 spiro atoms. The molecule has 6 heteroatoms.